The van der Waals surface area contributed by atoms with Crippen LogP contribution < -0.4 is 10.6 Å². The number of amides is 2. The maximum absolute atomic E-state index is 13.0. The number of carbonyl (C=O) groups excluding carboxylic acids is 2. The van der Waals surface area contributed by atoms with Crippen molar-refractivity contribution < 1.29 is 14.0 Å². The van der Waals surface area contributed by atoms with Crippen LogP contribution in [0.25, 0.3) is 11.0 Å². The number of hydrogen-bond donors (Lipinski definition) is 2. The molecule has 0 aliphatic heterocycles. The summed E-state index contributed by atoms with van der Waals surface area (Å²) in [7, 11) is 3.56. The number of rotatable bonds is 5. The van der Waals surface area contributed by atoms with Crippen molar-refractivity contribution in [3.63, 3.8) is 0 Å². The van der Waals surface area contributed by atoms with Gasteiger partial charge in [0.25, 0.3) is 5.91 Å². The molecule has 0 spiro atoms. The average molecular weight is 434 g/mol. The second-order valence-electron chi connectivity index (χ2n) is 6.99. The average Bonchev–Trinajstić information content (AvgIpc) is 2.93. The second-order valence-corrected chi connectivity index (χ2v) is 7.77. The molecular weight excluding hydrogens is 413 g/mol. The van der Waals surface area contributed by atoms with Gasteiger partial charge in [-0.2, -0.15) is 0 Å². The van der Waals surface area contributed by atoms with Gasteiger partial charge in [-0.1, -0.05) is 35.3 Å². The number of nitrogens with zero attached hydrogens (tertiary/aromatic N) is 1. The van der Waals surface area contributed by atoms with Crippen LogP contribution in [-0.4, -0.2) is 37.4 Å². The highest BCUT2D eigenvalue weighted by Crippen LogP contribution is 2.34. The SMILES string of the molecule is Cc1oc2c(NC(=O)c3c(Cl)ccc(NC(=O)CN(C)C)c3Cl)cccc2c1C. The monoisotopic (exact) mass is 433 g/mol. The molecule has 2 N–H and O–H groups in total. The van der Waals surface area contributed by atoms with E-state index in [-0.39, 0.29) is 28.1 Å². The number of furan rings is 1. The molecule has 3 aromatic rings. The first-order chi connectivity index (χ1) is 13.7. The van der Waals surface area contributed by atoms with Crippen molar-refractivity contribution in [1.29, 1.82) is 0 Å². The van der Waals surface area contributed by atoms with E-state index in [9.17, 15) is 9.59 Å². The van der Waals surface area contributed by atoms with Crippen LogP contribution in [0.2, 0.25) is 10.0 Å². The quantitative estimate of drug-likeness (QED) is 0.586. The lowest BCUT2D eigenvalue weighted by atomic mass is 10.1. The minimum Gasteiger partial charge on any atom is -0.459 e. The van der Waals surface area contributed by atoms with Gasteiger partial charge in [-0.05, 0) is 51.7 Å². The van der Waals surface area contributed by atoms with E-state index >= 15 is 0 Å². The van der Waals surface area contributed by atoms with Crippen LogP contribution in [0, 0.1) is 13.8 Å². The van der Waals surface area contributed by atoms with Crippen LogP contribution in [0.4, 0.5) is 11.4 Å². The number of para-hydroxylation sites is 1. The highest BCUT2D eigenvalue weighted by Gasteiger charge is 2.21. The summed E-state index contributed by atoms with van der Waals surface area (Å²) in [5, 5.41) is 6.68. The van der Waals surface area contributed by atoms with Crippen molar-refractivity contribution in [2.24, 2.45) is 0 Å². The van der Waals surface area contributed by atoms with E-state index in [0.717, 1.165) is 16.7 Å². The first-order valence-corrected chi connectivity index (χ1v) is 9.67. The molecule has 0 aliphatic rings. The van der Waals surface area contributed by atoms with E-state index < -0.39 is 5.91 Å². The van der Waals surface area contributed by atoms with E-state index in [4.69, 9.17) is 27.6 Å². The van der Waals surface area contributed by atoms with Gasteiger partial charge in [-0.3, -0.25) is 9.59 Å². The number of nitrogens with one attached hydrogen (secondary N) is 2. The lowest BCUT2D eigenvalue weighted by molar-refractivity contribution is -0.116. The molecular formula is C21H21Cl2N3O3. The Kier molecular flexibility index (Phi) is 6.17. The summed E-state index contributed by atoms with van der Waals surface area (Å²) >= 11 is 12.6. The number of benzene rings is 2. The lowest BCUT2D eigenvalue weighted by Gasteiger charge is -2.14. The fraction of sp³-hybridized carbons (Fsp3) is 0.238. The van der Waals surface area contributed by atoms with Gasteiger partial charge < -0.3 is 20.0 Å². The van der Waals surface area contributed by atoms with Crippen LogP contribution in [0.5, 0.6) is 0 Å². The molecule has 0 saturated heterocycles. The molecule has 1 aromatic heterocycles. The normalized spacial score (nSPS) is 11.1. The van der Waals surface area contributed by atoms with Crippen molar-refractivity contribution in [3.8, 4) is 0 Å². The first-order valence-electron chi connectivity index (χ1n) is 8.91. The molecule has 2 amide bonds. The van der Waals surface area contributed by atoms with Crippen molar-refractivity contribution in [1.82, 2.24) is 4.90 Å². The summed E-state index contributed by atoms with van der Waals surface area (Å²) in [5.41, 5.74) is 2.50. The Morgan fingerprint density at radius 1 is 1.03 bits per heavy atom. The Bertz CT molecular complexity index is 1110. The summed E-state index contributed by atoms with van der Waals surface area (Å²) in [6.45, 7) is 4.01. The third-order valence-corrected chi connectivity index (χ3v) is 5.21. The predicted octanol–water partition coefficient (Wildman–Crippen LogP) is 5.11. The largest absolute Gasteiger partial charge is 0.459 e. The summed E-state index contributed by atoms with van der Waals surface area (Å²) in [4.78, 5) is 26.7. The number of carbonyl (C=O) groups is 2. The Morgan fingerprint density at radius 2 is 1.76 bits per heavy atom. The fourth-order valence-corrected chi connectivity index (χ4v) is 3.57. The first kappa shape index (κ1) is 21.2. The van der Waals surface area contributed by atoms with Gasteiger partial charge in [0.2, 0.25) is 5.91 Å². The highest BCUT2D eigenvalue weighted by molar-refractivity contribution is 6.42. The van der Waals surface area contributed by atoms with Gasteiger partial charge in [-0.15, -0.1) is 0 Å². The summed E-state index contributed by atoms with van der Waals surface area (Å²) < 4.78 is 5.80. The highest BCUT2D eigenvalue weighted by atomic mass is 35.5. The molecule has 0 unspecified atom stereocenters. The summed E-state index contributed by atoms with van der Waals surface area (Å²) in [6.07, 6.45) is 0. The molecule has 0 aliphatic carbocycles. The number of anilines is 2. The maximum atomic E-state index is 13.0. The zero-order valence-electron chi connectivity index (χ0n) is 16.5. The van der Waals surface area contributed by atoms with Gasteiger partial charge in [0, 0.05) is 5.39 Å². The smallest absolute Gasteiger partial charge is 0.258 e. The molecule has 152 valence electrons. The Labute approximate surface area is 178 Å². The molecule has 0 bridgehead atoms. The number of aryl methyl sites for hydroxylation is 2. The number of fused-ring (bicyclic) bond motifs is 1. The Balaban J connectivity index is 1.93. The van der Waals surface area contributed by atoms with Crippen molar-refractivity contribution >= 4 is 57.4 Å². The van der Waals surface area contributed by atoms with E-state index in [0.29, 0.717) is 17.0 Å². The molecule has 0 fully saturated rings. The van der Waals surface area contributed by atoms with Gasteiger partial charge >= 0.3 is 0 Å². The molecule has 0 atom stereocenters. The molecule has 0 radical (unpaired) electrons. The van der Waals surface area contributed by atoms with E-state index in [1.807, 2.05) is 26.0 Å². The number of hydrogen-bond acceptors (Lipinski definition) is 4. The fourth-order valence-electron chi connectivity index (χ4n) is 2.98. The number of halogens is 2. The molecule has 6 nitrogen and oxygen atoms in total. The predicted molar refractivity (Wildman–Crippen MR) is 117 cm³/mol. The topological polar surface area (TPSA) is 74.6 Å². The maximum Gasteiger partial charge on any atom is 0.258 e. The molecule has 8 heteroatoms. The number of likely N-dealkylation sites (N-methyl/N-ethyl adjacent to an activating group) is 1. The van der Waals surface area contributed by atoms with Crippen LogP contribution in [0.1, 0.15) is 21.7 Å². The minimum absolute atomic E-state index is 0.0705. The van der Waals surface area contributed by atoms with E-state index in [1.54, 1.807) is 31.1 Å². The minimum atomic E-state index is -0.497. The molecule has 1 heterocycles. The zero-order chi connectivity index (χ0) is 21.3. The van der Waals surface area contributed by atoms with E-state index in [2.05, 4.69) is 10.6 Å². The van der Waals surface area contributed by atoms with Gasteiger partial charge in [0.1, 0.15) is 5.76 Å². The Morgan fingerprint density at radius 3 is 2.45 bits per heavy atom. The van der Waals surface area contributed by atoms with E-state index in [1.165, 1.54) is 6.07 Å². The van der Waals surface area contributed by atoms with Crippen LogP contribution in [0.3, 0.4) is 0 Å². The van der Waals surface area contributed by atoms with Crippen LogP contribution in [-0.2, 0) is 4.79 Å². The van der Waals surface area contributed by atoms with Crippen LogP contribution in [0.15, 0.2) is 34.7 Å². The zero-order valence-corrected chi connectivity index (χ0v) is 18.0. The summed E-state index contributed by atoms with van der Waals surface area (Å²) in [6, 6.07) is 8.59. The van der Waals surface area contributed by atoms with Crippen molar-refractivity contribution in [3.05, 3.63) is 57.3 Å². The van der Waals surface area contributed by atoms with Crippen LogP contribution >= 0.6 is 23.2 Å². The van der Waals surface area contributed by atoms with Gasteiger partial charge in [0.15, 0.2) is 5.58 Å². The van der Waals surface area contributed by atoms with Crippen molar-refractivity contribution in [2.45, 2.75) is 13.8 Å². The molecule has 3 rings (SSSR count). The second kappa shape index (κ2) is 8.45. The van der Waals surface area contributed by atoms with Gasteiger partial charge in [-0.25, -0.2) is 0 Å². The standard InChI is InChI=1S/C21H21Cl2N3O3/c1-11-12(2)29-20-13(11)6-5-7-16(20)25-21(28)18-14(22)8-9-15(19(18)23)24-17(27)10-26(3)4/h5-9H,10H2,1-4H3,(H,24,27)(H,25,28). The Hall–Kier alpha value is -2.54. The van der Waals surface area contributed by atoms with Crippen molar-refractivity contribution in [2.75, 3.05) is 31.3 Å². The summed E-state index contributed by atoms with van der Waals surface area (Å²) in [5.74, 6) is 0.0307. The molecule has 2 aromatic carbocycles. The third-order valence-electron chi connectivity index (χ3n) is 4.50. The third kappa shape index (κ3) is 4.40. The molecule has 0 saturated carbocycles. The van der Waals surface area contributed by atoms with Gasteiger partial charge in [0.05, 0.1) is 33.5 Å². The molecule has 29 heavy (non-hydrogen) atoms. The lowest BCUT2D eigenvalue weighted by Crippen LogP contribution is -2.27.